The summed E-state index contributed by atoms with van der Waals surface area (Å²) in [5.74, 6) is -2.26. The Labute approximate surface area is 260 Å². The number of aliphatic hydroxyl groups is 3. The zero-order valence-electron chi connectivity index (χ0n) is 24.7. The summed E-state index contributed by atoms with van der Waals surface area (Å²) in [6, 6.07) is -0.524. The maximum Gasteiger partial charge on any atom is 0.330 e. The summed E-state index contributed by atoms with van der Waals surface area (Å²) in [4.78, 5) is 49.1. The van der Waals surface area contributed by atoms with Crippen molar-refractivity contribution in [2.45, 2.75) is 95.3 Å². The van der Waals surface area contributed by atoms with Crippen molar-refractivity contribution in [3.63, 3.8) is 0 Å². The number of amides is 2. The summed E-state index contributed by atoms with van der Waals surface area (Å²) >= 11 is 0. The van der Waals surface area contributed by atoms with Crippen LogP contribution < -0.4 is 10.6 Å². The molecule has 6 atom stereocenters. The molecule has 0 aliphatic carbocycles. The van der Waals surface area contributed by atoms with Gasteiger partial charge in [0.25, 0.3) is 0 Å². The molecule has 0 bridgehead atoms. The lowest BCUT2D eigenvalue weighted by atomic mass is 9.95. The molecule has 2 unspecified atom stereocenters. The number of fused-ring (bicyclic) bond motifs is 1. The number of carbonyl (C=O) groups is 4. The van der Waals surface area contributed by atoms with Gasteiger partial charge in [-0.2, -0.15) is 0 Å². The molecule has 1 saturated heterocycles. The van der Waals surface area contributed by atoms with E-state index in [2.05, 4.69) is 10.6 Å². The Morgan fingerprint density at radius 2 is 1.91 bits per heavy atom. The molecule has 3 aliphatic rings. The topological polar surface area (TPSA) is 171 Å². The monoisotopic (exact) mass is 638 g/mol. The largest absolute Gasteiger partial charge is 0.504 e. The standard InChI is InChI=1S/C30H42N2O9S2/c1-17(19(3)33)10-9-11-20-15-41-28(27(38)26(20)37)25(36)18(2)14-23(35)40-13-8-6-4-5-7-12-22(34)32-24-29-21(16-42-43-29)31-30(24)39/h9-10,14,16-17,19,24-25,28-29,33,36-37H,4-8,11-13,15H2,1-3H3,(H,31,39)(H,32,34)/b10-9+,18-14+/t17-,19+,24?,25-,28+,29?/m1/s1. The van der Waals surface area contributed by atoms with Crippen LogP contribution in [0.15, 0.2) is 46.2 Å². The first-order valence-electron chi connectivity index (χ1n) is 14.6. The zero-order valence-corrected chi connectivity index (χ0v) is 26.4. The van der Waals surface area contributed by atoms with Crippen LogP contribution in [0.2, 0.25) is 0 Å². The van der Waals surface area contributed by atoms with Crippen molar-refractivity contribution in [3.8, 4) is 0 Å². The van der Waals surface area contributed by atoms with Crippen molar-refractivity contribution >= 4 is 45.2 Å². The molecule has 11 nitrogen and oxygen atoms in total. The van der Waals surface area contributed by atoms with Gasteiger partial charge in [0.05, 0.1) is 24.6 Å². The molecule has 0 radical (unpaired) electrons. The van der Waals surface area contributed by atoms with Gasteiger partial charge in [0.15, 0.2) is 11.9 Å². The van der Waals surface area contributed by atoms with E-state index >= 15 is 0 Å². The fraction of sp³-hybridized carbons (Fsp3) is 0.600. The minimum atomic E-state index is -1.43. The molecule has 43 heavy (non-hydrogen) atoms. The van der Waals surface area contributed by atoms with E-state index in [1.807, 2.05) is 12.3 Å². The molecule has 5 N–H and O–H groups in total. The minimum Gasteiger partial charge on any atom is -0.504 e. The highest BCUT2D eigenvalue weighted by Gasteiger charge is 2.42. The van der Waals surface area contributed by atoms with Crippen molar-refractivity contribution in [3.05, 3.63) is 46.2 Å². The lowest BCUT2D eigenvalue weighted by molar-refractivity contribution is -0.139. The van der Waals surface area contributed by atoms with E-state index in [0.717, 1.165) is 31.0 Å². The summed E-state index contributed by atoms with van der Waals surface area (Å²) in [5.41, 5.74) is 1.41. The van der Waals surface area contributed by atoms with Gasteiger partial charge in [0, 0.05) is 29.2 Å². The maximum absolute atomic E-state index is 12.6. The molecule has 13 heteroatoms. The molecule has 0 aromatic rings. The summed E-state index contributed by atoms with van der Waals surface area (Å²) in [5, 5.41) is 38.0. The predicted molar refractivity (Wildman–Crippen MR) is 165 cm³/mol. The summed E-state index contributed by atoms with van der Waals surface area (Å²) in [6.45, 7) is 5.14. The van der Waals surface area contributed by atoms with Crippen LogP contribution in [0.5, 0.6) is 0 Å². The zero-order chi connectivity index (χ0) is 31.5. The number of Topliss-reactive ketones (excluding diaryl/α,β-unsaturated/α-hetero) is 1. The number of ether oxygens (including phenoxy) is 2. The van der Waals surface area contributed by atoms with E-state index in [9.17, 15) is 34.5 Å². The molecular weight excluding hydrogens is 596 g/mol. The number of rotatable bonds is 16. The number of aliphatic hydroxyl groups excluding tert-OH is 3. The van der Waals surface area contributed by atoms with Crippen LogP contribution >= 0.6 is 21.6 Å². The van der Waals surface area contributed by atoms with Gasteiger partial charge in [-0.25, -0.2) is 4.79 Å². The Hall–Kier alpha value is -2.58. The van der Waals surface area contributed by atoms with E-state index < -0.39 is 41.9 Å². The highest BCUT2D eigenvalue weighted by Crippen LogP contribution is 2.43. The Morgan fingerprint density at radius 3 is 2.65 bits per heavy atom. The second-order valence-electron chi connectivity index (χ2n) is 11.0. The second kappa shape index (κ2) is 17.0. The maximum atomic E-state index is 12.6. The number of unbranched alkanes of at least 4 members (excludes halogenated alkanes) is 4. The Kier molecular flexibility index (Phi) is 13.8. The SMILES string of the molecule is C/C(=C\C(=O)OCCCCCCCC(=O)NC1C(=O)NC2=CSSC21)[C@@H](O)[C@@H]1OCC(C/C=C/[C@@H](C)[C@H](C)O)=C(O)C1=O. The van der Waals surface area contributed by atoms with Crippen LogP contribution in [0, 0.1) is 5.92 Å². The van der Waals surface area contributed by atoms with Crippen LogP contribution in [0.1, 0.15) is 65.7 Å². The first-order chi connectivity index (χ1) is 20.5. The molecule has 3 rings (SSSR count). The van der Waals surface area contributed by atoms with E-state index in [0.29, 0.717) is 24.8 Å². The molecule has 0 saturated carbocycles. The quantitative estimate of drug-likeness (QED) is 0.0553. The number of nitrogens with one attached hydrogen (secondary N) is 2. The van der Waals surface area contributed by atoms with Crippen LogP contribution in [0.25, 0.3) is 0 Å². The molecule has 1 fully saturated rings. The average Bonchev–Trinajstić information content (AvgIpc) is 3.53. The Morgan fingerprint density at radius 1 is 1.19 bits per heavy atom. The first-order valence-corrected chi connectivity index (χ1v) is 16.8. The van der Waals surface area contributed by atoms with E-state index in [-0.39, 0.29) is 48.2 Å². The summed E-state index contributed by atoms with van der Waals surface area (Å²) in [7, 11) is 3.11. The lowest BCUT2D eigenvalue weighted by Gasteiger charge is -2.27. The van der Waals surface area contributed by atoms with E-state index in [4.69, 9.17) is 9.47 Å². The van der Waals surface area contributed by atoms with Gasteiger partial charge in [-0.3, -0.25) is 14.4 Å². The number of hydrogen-bond donors (Lipinski definition) is 5. The van der Waals surface area contributed by atoms with Gasteiger partial charge in [0.1, 0.15) is 12.1 Å². The van der Waals surface area contributed by atoms with Crippen molar-refractivity contribution in [1.29, 1.82) is 0 Å². The average molecular weight is 639 g/mol. The van der Waals surface area contributed by atoms with Gasteiger partial charge >= 0.3 is 5.97 Å². The Balaban J connectivity index is 1.29. The van der Waals surface area contributed by atoms with Crippen molar-refractivity contribution in [1.82, 2.24) is 10.6 Å². The molecular formula is C30H42N2O9S2. The molecule has 0 spiro atoms. The number of allylic oxidation sites excluding steroid dienone is 1. The molecule has 3 aliphatic heterocycles. The van der Waals surface area contributed by atoms with Gasteiger partial charge < -0.3 is 35.4 Å². The van der Waals surface area contributed by atoms with Gasteiger partial charge in [0.2, 0.25) is 17.6 Å². The summed E-state index contributed by atoms with van der Waals surface area (Å²) in [6.07, 6.45) is 5.81. The van der Waals surface area contributed by atoms with Crippen molar-refractivity contribution < 1.29 is 44.0 Å². The van der Waals surface area contributed by atoms with Gasteiger partial charge in [-0.15, -0.1) is 0 Å². The molecule has 2 amide bonds. The van der Waals surface area contributed by atoms with E-state index in [1.54, 1.807) is 40.7 Å². The second-order valence-corrected chi connectivity index (χ2v) is 13.3. The number of carbonyl (C=O) groups excluding carboxylic acids is 4. The Bertz CT molecular complexity index is 1160. The third-order valence-electron chi connectivity index (χ3n) is 7.53. The van der Waals surface area contributed by atoms with Crippen LogP contribution in [0.3, 0.4) is 0 Å². The normalized spacial score (nSPS) is 24.4. The van der Waals surface area contributed by atoms with Crippen LogP contribution in [-0.4, -0.2) is 81.7 Å². The molecule has 238 valence electrons. The fourth-order valence-electron chi connectivity index (χ4n) is 4.60. The van der Waals surface area contributed by atoms with E-state index in [1.165, 1.54) is 6.92 Å². The summed E-state index contributed by atoms with van der Waals surface area (Å²) < 4.78 is 10.7. The smallest absolute Gasteiger partial charge is 0.330 e. The third kappa shape index (κ3) is 10.2. The molecule has 0 aromatic heterocycles. The number of ketones is 1. The van der Waals surface area contributed by atoms with Gasteiger partial charge in [-0.1, -0.05) is 59.9 Å². The molecule has 3 heterocycles. The fourth-order valence-corrected chi connectivity index (χ4v) is 7.19. The number of esters is 1. The molecule has 0 aromatic carbocycles. The first kappa shape index (κ1) is 34.9. The third-order valence-corrected chi connectivity index (χ3v) is 9.97. The predicted octanol–water partition coefficient (Wildman–Crippen LogP) is 3.14. The van der Waals surface area contributed by atoms with Crippen molar-refractivity contribution in [2.24, 2.45) is 5.92 Å². The highest BCUT2D eigenvalue weighted by atomic mass is 33.1. The lowest BCUT2D eigenvalue weighted by Crippen LogP contribution is -2.44. The van der Waals surface area contributed by atoms with Crippen molar-refractivity contribution in [2.75, 3.05) is 13.2 Å². The number of hydrogen-bond acceptors (Lipinski definition) is 11. The highest BCUT2D eigenvalue weighted by molar-refractivity contribution is 8.78. The minimum absolute atomic E-state index is 0.0438. The van der Waals surface area contributed by atoms with Gasteiger partial charge in [-0.05, 0) is 44.6 Å². The van der Waals surface area contributed by atoms with Crippen LogP contribution in [0.4, 0.5) is 0 Å². The van der Waals surface area contributed by atoms with Crippen LogP contribution in [-0.2, 0) is 28.7 Å².